The normalized spacial score (nSPS) is 14.9. The average molecular weight is 250 g/mol. The van der Waals surface area contributed by atoms with Crippen LogP contribution in [0, 0.1) is 12.8 Å². The van der Waals surface area contributed by atoms with Gasteiger partial charge in [-0.05, 0) is 25.0 Å². The predicted molar refractivity (Wildman–Crippen MR) is 81.1 cm³/mol. The van der Waals surface area contributed by atoms with Gasteiger partial charge in [0.15, 0.2) is 0 Å². The first kappa shape index (κ1) is 17.0. The second-order valence-corrected chi connectivity index (χ2v) is 4.75. The summed E-state index contributed by atoms with van der Waals surface area (Å²) < 4.78 is 0. The van der Waals surface area contributed by atoms with Crippen molar-refractivity contribution in [2.75, 3.05) is 0 Å². The third-order valence-electron chi connectivity index (χ3n) is 3.34. The van der Waals surface area contributed by atoms with Crippen LogP contribution in [0.4, 0.5) is 0 Å². The molecule has 0 aromatic heterocycles. The Balaban J connectivity index is 0.000000283. The lowest BCUT2D eigenvalue weighted by Gasteiger charge is -2.18. The molecule has 1 saturated carbocycles. The molecule has 0 atom stereocenters. The third kappa shape index (κ3) is 8.16. The largest absolute Gasteiger partial charge is 0.508 e. The first-order valence-corrected chi connectivity index (χ1v) is 7.48. The van der Waals surface area contributed by atoms with E-state index in [4.69, 9.17) is 5.11 Å². The maximum absolute atomic E-state index is 8.76. The molecule has 0 spiro atoms. The van der Waals surface area contributed by atoms with E-state index >= 15 is 0 Å². The Bertz CT molecular complexity index is 249. The standard InChI is InChI=1S/C8H16.C7H8O.C2H6/c1-2-8-6-4-3-5-7-8;1-6-2-4-7(8)5-3-6;1-2/h8H,2-7H2,1H3;2-5,8H,1H3;1-2H3. The second-order valence-electron chi connectivity index (χ2n) is 4.75. The van der Waals surface area contributed by atoms with Crippen LogP contribution >= 0.6 is 0 Å². The number of rotatable bonds is 1. The summed E-state index contributed by atoms with van der Waals surface area (Å²) in [6.45, 7) is 8.30. The minimum atomic E-state index is 0.329. The Morgan fingerprint density at radius 2 is 1.50 bits per heavy atom. The molecule has 0 radical (unpaired) electrons. The van der Waals surface area contributed by atoms with Crippen molar-refractivity contribution in [3.63, 3.8) is 0 Å². The smallest absolute Gasteiger partial charge is 0.115 e. The summed E-state index contributed by atoms with van der Waals surface area (Å²) in [7, 11) is 0. The van der Waals surface area contributed by atoms with Gasteiger partial charge in [0.05, 0.1) is 0 Å². The molecule has 0 aliphatic heterocycles. The lowest BCUT2D eigenvalue weighted by Crippen LogP contribution is -2.03. The van der Waals surface area contributed by atoms with Crippen LogP contribution in [0.25, 0.3) is 0 Å². The Kier molecular flexibility index (Phi) is 10.5. The molecule has 0 saturated heterocycles. The van der Waals surface area contributed by atoms with Gasteiger partial charge in [0, 0.05) is 0 Å². The quantitative estimate of drug-likeness (QED) is 0.677. The van der Waals surface area contributed by atoms with E-state index in [-0.39, 0.29) is 0 Å². The number of phenols is 1. The summed E-state index contributed by atoms with van der Waals surface area (Å²) in [5.41, 5.74) is 1.17. The molecule has 104 valence electrons. The van der Waals surface area contributed by atoms with Crippen molar-refractivity contribution >= 4 is 0 Å². The molecular formula is C17H30O. The predicted octanol–water partition coefficient (Wildman–Crippen LogP) is 5.70. The Morgan fingerprint density at radius 1 is 1.00 bits per heavy atom. The first-order chi connectivity index (χ1) is 8.72. The summed E-state index contributed by atoms with van der Waals surface area (Å²) >= 11 is 0. The van der Waals surface area contributed by atoms with Crippen molar-refractivity contribution in [2.24, 2.45) is 5.92 Å². The van der Waals surface area contributed by atoms with Gasteiger partial charge in [0.2, 0.25) is 0 Å². The summed E-state index contributed by atoms with van der Waals surface area (Å²) in [5.74, 6) is 1.42. The lowest BCUT2D eigenvalue weighted by molar-refractivity contribution is 0.349. The van der Waals surface area contributed by atoms with Crippen LogP contribution in [0.15, 0.2) is 24.3 Å². The highest BCUT2D eigenvalue weighted by atomic mass is 16.3. The van der Waals surface area contributed by atoms with Crippen molar-refractivity contribution in [1.29, 1.82) is 0 Å². The van der Waals surface area contributed by atoms with Crippen LogP contribution in [0.1, 0.15) is 64.9 Å². The number of aromatic hydroxyl groups is 1. The number of hydrogen-bond donors (Lipinski definition) is 1. The van der Waals surface area contributed by atoms with Crippen LogP contribution in [0.5, 0.6) is 5.75 Å². The SMILES string of the molecule is CC.CCC1CCCCC1.Cc1ccc(O)cc1. The van der Waals surface area contributed by atoms with Crippen LogP contribution in [0.2, 0.25) is 0 Å². The highest BCUT2D eigenvalue weighted by Crippen LogP contribution is 2.25. The van der Waals surface area contributed by atoms with Gasteiger partial charge in [0.1, 0.15) is 5.75 Å². The molecule has 1 nitrogen and oxygen atoms in total. The monoisotopic (exact) mass is 250 g/mol. The second kappa shape index (κ2) is 11.1. The summed E-state index contributed by atoms with van der Waals surface area (Å²) in [4.78, 5) is 0. The Morgan fingerprint density at radius 3 is 1.83 bits per heavy atom. The van der Waals surface area contributed by atoms with E-state index in [1.54, 1.807) is 12.1 Å². The van der Waals surface area contributed by atoms with Gasteiger partial charge in [0.25, 0.3) is 0 Å². The van der Waals surface area contributed by atoms with E-state index in [2.05, 4.69) is 6.92 Å². The molecule has 0 unspecified atom stereocenters. The molecular weight excluding hydrogens is 220 g/mol. The van der Waals surface area contributed by atoms with E-state index in [0.717, 1.165) is 5.92 Å². The molecule has 0 bridgehead atoms. The summed E-state index contributed by atoms with van der Waals surface area (Å²) in [6, 6.07) is 7.09. The molecule has 1 aliphatic rings. The van der Waals surface area contributed by atoms with Gasteiger partial charge >= 0.3 is 0 Å². The van der Waals surface area contributed by atoms with Crippen molar-refractivity contribution in [1.82, 2.24) is 0 Å². The molecule has 1 aromatic rings. The molecule has 1 N–H and O–H groups in total. The van der Waals surface area contributed by atoms with Crippen LogP contribution < -0.4 is 0 Å². The summed E-state index contributed by atoms with van der Waals surface area (Å²) in [5, 5.41) is 8.76. The van der Waals surface area contributed by atoms with Crippen LogP contribution in [0.3, 0.4) is 0 Å². The zero-order chi connectivity index (χ0) is 13.8. The molecule has 1 aromatic carbocycles. The topological polar surface area (TPSA) is 20.2 Å². The molecule has 1 fully saturated rings. The van der Waals surface area contributed by atoms with E-state index in [9.17, 15) is 0 Å². The van der Waals surface area contributed by atoms with Crippen molar-refractivity contribution < 1.29 is 5.11 Å². The van der Waals surface area contributed by atoms with Crippen molar-refractivity contribution in [3.8, 4) is 5.75 Å². The average Bonchev–Trinajstić information content (AvgIpc) is 2.46. The highest BCUT2D eigenvalue weighted by Gasteiger charge is 2.09. The maximum Gasteiger partial charge on any atom is 0.115 e. The van der Waals surface area contributed by atoms with Crippen LogP contribution in [-0.2, 0) is 0 Å². The lowest BCUT2D eigenvalue weighted by atomic mass is 9.88. The fraction of sp³-hybridized carbons (Fsp3) is 0.647. The van der Waals surface area contributed by atoms with E-state index in [1.807, 2.05) is 32.9 Å². The number of aryl methyl sites for hydroxylation is 1. The number of benzene rings is 1. The van der Waals surface area contributed by atoms with Crippen LogP contribution in [-0.4, -0.2) is 5.11 Å². The first-order valence-electron chi connectivity index (χ1n) is 7.48. The van der Waals surface area contributed by atoms with Gasteiger partial charge in [-0.3, -0.25) is 0 Å². The molecule has 2 rings (SSSR count). The minimum Gasteiger partial charge on any atom is -0.508 e. The van der Waals surface area contributed by atoms with Gasteiger partial charge in [-0.15, -0.1) is 0 Å². The molecule has 1 heteroatoms. The van der Waals surface area contributed by atoms with Gasteiger partial charge < -0.3 is 5.11 Å². The van der Waals surface area contributed by atoms with E-state index < -0.39 is 0 Å². The van der Waals surface area contributed by atoms with Crippen molar-refractivity contribution in [2.45, 2.75) is 66.2 Å². The molecule has 0 heterocycles. The maximum atomic E-state index is 8.76. The van der Waals surface area contributed by atoms with Crippen molar-refractivity contribution in [3.05, 3.63) is 29.8 Å². The fourth-order valence-corrected chi connectivity index (χ4v) is 2.14. The van der Waals surface area contributed by atoms with E-state index in [0.29, 0.717) is 5.75 Å². The zero-order valence-electron chi connectivity index (χ0n) is 12.6. The molecule has 18 heavy (non-hydrogen) atoms. The highest BCUT2D eigenvalue weighted by molar-refractivity contribution is 5.24. The fourth-order valence-electron chi connectivity index (χ4n) is 2.14. The van der Waals surface area contributed by atoms with Gasteiger partial charge in [-0.1, -0.05) is 77.0 Å². The zero-order valence-corrected chi connectivity index (χ0v) is 12.6. The number of hydrogen-bond acceptors (Lipinski definition) is 1. The number of phenolic OH excluding ortho intramolecular Hbond substituents is 1. The molecule has 0 amide bonds. The van der Waals surface area contributed by atoms with E-state index in [1.165, 1.54) is 44.1 Å². The summed E-state index contributed by atoms with van der Waals surface area (Å²) in [6.07, 6.45) is 8.93. The Labute approximate surface area is 113 Å². The third-order valence-corrected chi connectivity index (χ3v) is 3.34. The van der Waals surface area contributed by atoms with Gasteiger partial charge in [-0.25, -0.2) is 0 Å². The Hall–Kier alpha value is -0.980. The van der Waals surface area contributed by atoms with Gasteiger partial charge in [-0.2, -0.15) is 0 Å². The minimum absolute atomic E-state index is 0.329. The molecule has 1 aliphatic carbocycles.